The predicted molar refractivity (Wildman–Crippen MR) is 62.8 cm³/mol. The molecule has 2 heteroatoms. The van der Waals surface area contributed by atoms with Gasteiger partial charge in [-0.2, -0.15) is 0 Å². The smallest absolute Gasteiger partial charge is 0.0636 e. The van der Waals surface area contributed by atoms with Crippen LogP contribution in [0.5, 0.6) is 0 Å². The van der Waals surface area contributed by atoms with E-state index in [9.17, 15) is 5.11 Å². The standard InChI is InChI=1S/C13H25NO/c1-10(15)9-14-13-7-6-11-4-2-3-5-12(11)8-13/h10-15H,2-9H2,1H3/t10-,11-,12+,13-/m0/s1. The van der Waals surface area contributed by atoms with Gasteiger partial charge in [0.15, 0.2) is 0 Å². The quantitative estimate of drug-likeness (QED) is 0.751. The summed E-state index contributed by atoms with van der Waals surface area (Å²) in [6, 6.07) is 0.680. The molecule has 2 fully saturated rings. The summed E-state index contributed by atoms with van der Waals surface area (Å²) < 4.78 is 0. The molecule has 0 saturated heterocycles. The van der Waals surface area contributed by atoms with Crippen LogP contribution >= 0.6 is 0 Å². The Hall–Kier alpha value is -0.0800. The Morgan fingerprint density at radius 2 is 1.87 bits per heavy atom. The molecule has 0 aromatic carbocycles. The largest absolute Gasteiger partial charge is 0.392 e. The molecule has 15 heavy (non-hydrogen) atoms. The highest BCUT2D eigenvalue weighted by atomic mass is 16.3. The van der Waals surface area contributed by atoms with Gasteiger partial charge in [-0.3, -0.25) is 0 Å². The van der Waals surface area contributed by atoms with Crippen LogP contribution in [-0.4, -0.2) is 23.8 Å². The second kappa shape index (κ2) is 5.31. The van der Waals surface area contributed by atoms with Crippen LogP contribution in [0, 0.1) is 11.8 Å². The highest BCUT2D eigenvalue weighted by Crippen LogP contribution is 2.40. The maximum atomic E-state index is 9.25. The maximum Gasteiger partial charge on any atom is 0.0636 e. The third kappa shape index (κ3) is 3.18. The minimum atomic E-state index is -0.200. The molecular formula is C13H25NO. The molecule has 88 valence electrons. The first-order valence-corrected chi connectivity index (χ1v) is 6.67. The molecule has 4 atom stereocenters. The third-order valence-electron chi connectivity index (χ3n) is 4.24. The lowest BCUT2D eigenvalue weighted by Crippen LogP contribution is -2.41. The lowest BCUT2D eigenvalue weighted by atomic mass is 9.69. The van der Waals surface area contributed by atoms with E-state index in [1.165, 1.54) is 44.9 Å². The Kier molecular flexibility index (Phi) is 4.04. The first-order chi connectivity index (χ1) is 7.25. The van der Waals surface area contributed by atoms with Gasteiger partial charge in [0.1, 0.15) is 0 Å². The van der Waals surface area contributed by atoms with Gasteiger partial charge in [0.05, 0.1) is 6.10 Å². The number of fused-ring (bicyclic) bond motifs is 1. The minimum absolute atomic E-state index is 0.200. The summed E-state index contributed by atoms with van der Waals surface area (Å²) in [4.78, 5) is 0. The minimum Gasteiger partial charge on any atom is -0.392 e. The second-order valence-corrected chi connectivity index (χ2v) is 5.57. The normalized spacial score (nSPS) is 38.4. The van der Waals surface area contributed by atoms with E-state index in [2.05, 4.69) is 5.32 Å². The van der Waals surface area contributed by atoms with E-state index in [0.29, 0.717) is 6.04 Å². The van der Waals surface area contributed by atoms with Gasteiger partial charge in [0.2, 0.25) is 0 Å². The molecule has 2 aliphatic carbocycles. The summed E-state index contributed by atoms with van der Waals surface area (Å²) in [7, 11) is 0. The first-order valence-electron chi connectivity index (χ1n) is 6.67. The van der Waals surface area contributed by atoms with Crippen LogP contribution in [0.1, 0.15) is 51.9 Å². The lowest BCUT2D eigenvalue weighted by Gasteiger charge is -2.39. The van der Waals surface area contributed by atoms with Crippen molar-refractivity contribution in [1.82, 2.24) is 5.32 Å². The zero-order chi connectivity index (χ0) is 10.7. The summed E-state index contributed by atoms with van der Waals surface area (Å²) in [6.07, 6.45) is 9.75. The van der Waals surface area contributed by atoms with E-state index < -0.39 is 0 Å². The molecule has 2 nitrogen and oxygen atoms in total. The highest BCUT2D eigenvalue weighted by Gasteiger charge is 2.31. The van der Waals surface area contributed by atoms with Gasteiger partial charge in [0, 0.05) is 12.6 Å². The zero-order valence-electron chi connectivity index (χ0n) is 9.91. The first kappa shape index (κ1) is 11.4. The predicted octanol–water partition coefficient (Wildman–Crippen LogP) is 2.32. The van der Waals surface area contributed by atoms with Crippen molar-refractivity contribution in [2.24, 2.45) is 11.8 Å². The van der Waals surface area contributed by atoms with Gasteiger partial charge in [-0.15, -0.1) is 0 Å². The number of aliphatic hydroxyl groups is 1. The molecule has 2 rings (SSSR count). The van der Waals surface area contributed by atoms with Gasteiger partial charge in [0.25, 0.3) is 0 Å². The summed E-state index contributed by atoms with van der Waals surface area (Å²) in [5.41, 5.74) is 0. The fraction of sp³-hybridized carbons (Fsp3) is 1.00. The van der Waals surface area contributed by atoms with E-state index >= 15 is 0 Å². The number of hydrogen-bond acceptors (Lipinski definition) is 2. The van der Waals surface area contributed by atoms with E-state index in [1.807, 2.05) is 6.92 Å². The second-order valence-electron chi connectivity index (χ2n) is 5.57. The van der Waals surface area contributed by atoms with Gasteiger partial charge < -0.3 is 10.4 Å². The summed E-state index contributed by atoms with van der Waals surface area (Å²) in [5, 5.41) is 12.8. The van der Waals surface area contributed by atoms with Gasteiger partial charge in [-0.05, 0) is 38.0 Å². The van der Waals surface area contributed by atoms with Gasteiger partial charge in [-0.1, -0.05) is 25.7 Å². The molecule has 0 radical (unpaired) electrons. The number of hydrogen-bond donors (Lipinski definition) is 2. The fourth-order valence-corrected chi connectivity index (χ4v) is 3.40. The highest BCUT2D eigenvalue weighted by molar-refractivity contribution is 4.86. The molecular weight excluding hydrogens is 186 g/mol. The van der Waals surface area contributed by atoms with E-state index in [4.69, 9.17) is 0 Å². The number of aliphatic hydroxyl groups excluding tert-OH is 1. The molecule has 0 aliphatic heterocycles. The molecule has 2 N–H and O–H groups in total. The molecule has 0 spiro atoms. The molecule has 0 amide bonds. The summed E-state index contributed by atoms with van der Waals surface area (Å²) >= 11 is 0. The van der Waals surface area contributed by atoms with Gasteiger partial charge >= 0.3 is 0 Å². The average molecular weight is 211 g/mol. The number of rotatable bonds is 3. The van der Waals surface area contributed by atoms with Crippen molar-refractivity contribution in [2.75, 3.05) is 6.54 Å². The molecule has 0 bridgehead atoms. The van der Waals surface area contributed by atoms with E-state index in [0.717, 1.165) is 18.4 Å². The third-order valence-corrected chi connectivity index (χ3v) is 4.24. The van der Waals surface area contributed by atoms with Gasteiger partial charge in [-0.25, -0.2) is 0 Å². The Labute approximate surface area is 93.5 Å². The molecule has 2 saturated carbocycles. The Morgan fingerprint density at radius 1 is 1.13 bits per heavy atom. The van der Waals surface area contributed by atoms with Crippen LogP contribution in [0.3, 0.4) is 0 Å². The van der Waals surface area contributed by atoms with Crippen molar-refractivity contribution in [3.63, 3.8) is 0 Å². The Morgan fingerprint density at radius 3 is 2.60 bits per heavy atom. The molecule has 0 unspecified atom stereocenters. The van der Waals surface area contributed by atoms with Crippen LogP contribution in [0.2, 0.25) is 0 Å². The van der Waals surface area contributed by atoms with Crippen molar-refractivity contribution in [3.8, 4) is 0 Å². The van der Waals surface area contributed by atoms with E-state index in [-0.39, 0.29) is 6.10 Å². The van der Waals surface area contributed by atoms with Crippen molar-refractivity contribution in [3.05, 3.63) is 0 Å². The van der Waals surface area contributed by atoms with Crippen molar-refractivity contribution in [1.29, 1.82) is 0 Å². The summed E-state index contributed by atoms with van der Waals surface area (Å²) in [5.74, 6) is 2.02. The topological polar surface area (TPSA) is 32.3 Å². The van der Waals surface area contributed by atoms with Crippen molar-refractivity contribution >= 4 is 0 Å². The Balaban J connectivity index is 1.75. The van der Waals surface area contributed by atoms with Crippen molar-refractivity contribution < 1.29 is 5.11 Å². The molecule has 0 aromatic rings. The SMILES string of the molecule is C[C@H](O)CN[C@H]1CC[C@@H]2CCCC[C@@H]2C1. The van der Waals surface area contributed by atoms with E-state index in [1.54, 1.807) is 0 Å². The molecule has 0 aromatic heterocycles. The Bertz CT molecular complexity index is 193. The van der Waals surface area contributed by atoms with Crippen LogP contribution in [0.25, 0.3) is 0 Å². The van der Waals surface area contributed by atoms with Crippen LogP contribution in [0.4, 0.5) is 0 Å². The zero-order valence-corrected chi connectivity index (χ0v) is 9.91. The number of nitrogens with one attached hydrogen (secondary N) is 1. The van der Waals surface area contributed by atoms with Crippen LogP contribution in [0.15, 0.2) is 0 Å². The average Bonchev–Trinajstić information content (AvgIpc) is 2.26. The maximum absolute atomic E-state index is 9.25. The monoisotopic (exact) mass is 211 g/mol. The fourth-order valence-electron chi connectivity index (χ4n) is 3.40. The van der Waals surface area contributed by atoms with Crippen LogP contribution in [-0.2, 0) is 0 Å². The molecule has 0 heterocycles. The molecule has 2 aliphatic rings. The lowest BCUT2D eigenvalue weighted by molar-refractivity contribution is 0.130. The van der Waals surface area contributed by atoms with Crippen molar-refractivity contribution in [2.45, 2.75) is 64.0 Å². The van der Waals surface area contributed by atoms with Crippen LogP contribution < -0.4 is 5.32 Å². The summed E-state index contributed by atoms with van der Waals surface area (Å²) in [6.45, 7) is 2.63.